The van der Waals surface area contributed by atoms with Crippen LogP contribution >= 0.6 is 0 Å². The lowest BCUT2D eigenvalue weighted by atomic mass is 9.89. The molecule has 0 amide bonds. The van der Waals surface area contributed by atoms with E-state index in [-0.39, 0.29) is 24.2 Å². The van der Waals surface area contributed by atoms with Crippen LogP contribution < -0.4 is 0 Å². The van der Waals surface area contributed by atoms with Crippen molar-refractivity contribution in [2.75, 3.05) is 6.61 Å². The minimum Gasteiger partial charge on any atom is -0.459 e. The Kier molecular flexibility index (Phi) is 7.46. The highest BCUT2D eigenvalue weighted by molar-refractivity contribution is 5.91. The first-order chi connectivity index (χ1) is 18.5. The van der Waals surface area contributed by atoms with Gasteiger partial charge in [-0.2, -0.15) is 0 Å². The smallest absolute Gasteiger partial charge is 0.338 e. The van der Waals surface area contributed by atoms with Gasteiger partial charge in [-0.25, -0.2) is 14.4 Å². The maximum Gasteiger partial charge on any atom is 0.338 e. The molecule has 0 aliphatic carbocycles. The van der Waals surface area contributed by atoms with E-state index in [1.165, 1.54) is 0 Å². The molecular formula is C29H24O9. The number of hydrogen-bond donors (Lipinski definition) is 0. The van der Waals surface area contributed by atoms with Crippen molar-refractivity contribution in [1.82, 2.24) is 0 Å². The maximum absolute atomic E-state index is 13.1. The monoisotopic (exact) mass is 516 g/mol. The van der Waals surface area contributed by atoms with Gasteiger partial charge in [0.2, 0.25) is 6.29 Å². The predicted molar refractivity (Wildman–Crippen MR) is 131 cm³/mol. The molecule has 38 heavy (non-hydrogen) atoms. The fourth-order valence-electron chi connectivity index (χ4n) is 4.44. The van der Waals surface area contributed by atoms with Crippen molar-refractivity contribution in [3.8, 4) is 0 Å². The summed E-state index contributed by atoms with van der Waals surface area (Å²) < 4.78 is 28.4. The fourth-order valence-corrected chi connectivity index (χ4v) is 4.44. The van der Waals surface area contributed by atoms with Gasteiger partial charge in [-0.1, -0.05) is 54.6 Å². The molecule has 0 bridgehead atoms. The average molecular weight is 517 g/mol. The summed E-state index contributed by atoms with van der Waals surface area (Å²) in [5, 5.41) is 0. The summed E-state index contributed by atoms with van der Waals surface area (Å²) in [5.41, 5.74) is 0.862. The van der Waals surface area contributed by atoms with Gasteiger partial charge in [-0.3, -0.25) is 4.79 Å². The van der Waals surface area contributed by atoms with Crippen LogP contribution in [0.5, 0.6) is 0 Å². The van der Waals surface area contributed by atoms with Crippen LogP contribution in [0.3, 0.4) is 0 Å². The summed E-state index contributed by atoms with van der Waals surface area (Å²) in [6, 6.07) is 24.9. The van der Waals surface area contributed by atoms with Gasteiger partial charge in [0.25, 0.3) is 0 Å². The zero-order chi connectivity index (χ0) is 26.5. The van der Waals surface area contributed by atoms with E-state index in [2.05, 4.69) is 0 Å². The molecule has 2 aliphatic rings. The quantitative estimate of drug-likeness (QED) is 0.343. The van der Waals surface area contributed by atoms with Crippen LogP contribution in [0.1, 0.15) is 37.5 Å². The van der Waals surface area contributed by atoms with Gasteiger partial charge in [0.05, 0.1) is 29.0 Å². The van der Waals surface area contributed by atoms with Crippen LogP contribution in [-0.2, 0) is 28.5 Å². The van der Waals surface area contributed by atoms with Crippen molar-refractivity contribution in [3.05, 3.63) is 108 Å². The van der Waals surface area contributed by atoms with Crippen LogP contribution in [0.2, 0.25) is 0 Å². The highest BCUT2D eigenvalue weighted by Gasteiger charge is 2.55. The van der Waals surface area contributed by atoms with Crippen molar-refractivity contribution in [2.24, 2.45) is 5.92 Å². The second kappa shape index (κ2) is 11.3. The lowest BCUT2D eigenvalue weighted by Gasteiger charge is -2.41. The van der Waals surface area contributed by atoms with Crippen LogP contribution in [0.25, 0.3) is 0 Å². The minimum absolute atomic E-state index is 0.104. The van der Waals surface area contributed by atoms with E-state index < -0.39 is 54.4 Å². The van der Waals surface area contributed by atoms with Gasteiger partial charge in [0.1, 0.15) is 12.7 Å². The third-order valence-corrected chi connectivity index (χ3v) is 6.31. The number of benzene rings is 3. The average Bonchev–Trinajstić information content (AvgIpc) is 3.34. The van der Waals surface area contributed by atoms with Crippen molar-refractivity contribution >= 4 is 23.9 Å². The Morgan fingerprint density at radius 2 is 1.16 bits per heavy atom. The molecule has 5 atom stereocenters. The summed E-state index contributed by atoms with van der Waals surface area (Å²) in [4.78, 5) is 50.9. The van der Waals surface area contributed by atoms with Gasteiger partial charge >= 0.3 is 23.9 Å². The van der Waals surface area contributed by atoms with Crippen LogP contribution in [-0.4, -0.2) is 55.1 Å². The maximum atomic E-state index is 13.1. The molecular weight excluding hydrogens is 492 g/mol. The van der Waals surface area contributed by atoms with E-state index in [9.17, 15) is 19.2 Å². The van der Waals surface area contributed by atoms with Gasteiger partial charge in [-0.05, 0) is 36.4 Å². The summed E-state index contributed by atoms with van der Waals surface area (Å²) in [6.45, 7) is -0.347. The van der Waals surface area contributed by atoms with Crippen LogP contribution in [0, 0.1) is 5.92 Å². The second-order valence-electron chi connectivity index (χ2n) is 8.84. The number of carbonyl (C=O) groups is 4. The molecule has 3 aromatic carbocycles. The van der Waals surface area contributed by atoms with Crippen molar-refractivity contribution in [1.29, 1.82) is 0 Å². The molecule has 9 nitrogen and oxygen atoms in total. The molecule has 5 rings (SSSR count). The van der Waals surface area contributed by atoms with E-state index in [0.717, 1.165) is 0 Å². The SMILES string of the molecule is O=C1C[C@H]2[C@@H](O1)O[C@H](COC(=O)c1ccccc1)[C@H](OC(=O)c1ccccc1)[C@@H]2OC(=O)c1ccccc1. The van der Waals surface area contributed by atoms with Crippen molar-refractivity contribution in [2.45, 2.75) is 31.0 Å². The van der Waals surface area contributed by atoms with Crippen molar-refractivity contribution < 1.29 is 42.9 Å². The lowest BCUT2D eigenvalue weighted by molar-refractivity contribution is -0.255. The van der Waals surface area contributed by atoms with Gasteiger partial charge in [0.15, 0.2) is 12.2 Å². The molecule has 0 spiro atoms. The molecule has 0 N–H and O–H groups in total. The summed E-state index contributed by atoms with van der Waals surface area (Å²) in [6.07, 6.45) is -4.57. The first-order valence-electron chi connectivity index (χ1n) is 12.1. The molecule has 2 heterocycles. The molecule has 3 aromatic rings. The van der Waals surface area contributed by atoms with Gasteiger partial charge in [-0.15, -0.1) is 0 Å². The zero-order valence-corrected chi connectivity index (χ0v) is 20.1. The standard InChI is InChI=1S/C29H24O9/c30-23-16-21-24(37-27(32)19-12-6-2-7-13-19)25(38-28(33)20-14-8-3-9-15-20)22(35-29(21)36-23)17-34-26(31)18-10-4-1-5-11-18/h1-15,21-22,24-25,29H,16-17H2/t21-,22-,24-,25+,29-/m1/s1. The topological polar surface area (TPSA) is 114 Å². The molecule has 0 unspecified atom stereocenters. The summed E-state index contributed by atoms with van der Waals surface area (Å²) >= 11 is 0. The number of ether oxygens (including phenoxy) is 5. The zero-order valence-electron chi connectivity index (χ0n) is 20.1. The molecule has 2 saturated heterocycles. The largest absolute Gasteiger partial charge is 0.459 e. The second-order valence-corrected chi connectivity index (χ2v) is 8.84. The third-order valence-electron chi connectivity index (χ3n) is 6.31. The molecule has 2 aliphatic heterocycles. The minimum atomic E-state index is -1.20. The van der Waals surface area contributed by atoms with E-state index in [0.29, 0.717) is 5.56 Å². The number of hydrogen-bond acceptors (Lipinski definition) is 9. The molecule has 9 heteroatoms. The first kappa shape index (κ1) is 25.2. The Morgan fingerprint density at radius 3 is 1.68 bits per heavy atom. The first-order valence-corrected chi connectivity index (χ1v) is 12.1. The number of rotatable bonds is 7. The van der Waals surface area contributed by atoms with Crippen LogP contribution in [0.15, 0.2) is 91.0 Å². The Bertz CT molecular complexity index is 1290. The summed E-state index contributed by atoms with van der Waals surface area (Å²) in [5.74, 6) is -3.26. The lowest BCUT2D eigenvalue weighted by Crippen LogP contribution is -2.57. The van der Waals surface area contributed by atoms with Crippen molar-refractivity contribution in [3.63, 3.8) is 0 Å². The van der Waals surface area contributed by atoms with E-state index in [4.69, 9.17) is 23.7 Å². The van der Waals surface area contributed by atoms with E-state index in [1.54, 1.807) is 91.0 Å². The molecule has 0 radical (unpaired) electrons. The molecule has 0 aromatic heterocycles. The van der Waals surface area contributed by atoms with E-state index in [1.807, 2.05) is 0 Å². The predicted octanol–water partition coefficient (Wildman–Crippen LogP) is 3.58. The molecule has 194 valence electrons. The normalized spacial score (nSPS) is 24.0. The number of fused-ring (bicyclic) bond motifs is 1. The fraction of sp³-hybridized carbons (Fsp3) is 0.241. The number of carbonyl (C=O) groups excluding carboxylic acids is 4. The van der Waals surface area contributed by atoms with Gasteiger partial charge < -0.3 is 23.7 Å². The molecule has 2 fully saturated rings. The molecule has 0 saturated carbocycles. The number of esters is 4. The highest BCUT2D eigenvalue weighted by Crippen LogP contribution is 2.38. The highest BCUT2D eigenvalue weighted by atomic mass is 16.7. The third kappa shape index (κ3) is 5.57. The van der Waals surface area contributed by atoms with Crippen LogP contribution in [0.4, 0.5) is 0 Å². The summed E-state index contributed by atoms with van der Waals surface area (Å²) in [7, 11) is 0. The van der Waals surface area contributed by atoms with E-state index >= 15 is 0 Å². The Morgan fingerprint density at radius 1 is 0.684 bits per heavy atom. The van der Waals surface area contributed by atoms with Gasteiger partial charge in [0, 0.05) is 0 Å². The Labute approximate surface area is 218 Å². The Balaban J connectivity index is 1.43. The Hall–Kier alpha value is -4.50.